The van der Waals surface area contributed by atoms with Crippen LogP contribution in [0.1, 0.15) is 37.3 Å². The first kappa shape index (κ1) is 21.2. The fraction of sp³-hybridized carbons (Fsp3) is 0.348. The largest absolute Gasteiger partial charge is 0.313 e. The summed E-state index contributed by atoms with van der Waals surface area (Å²) in [4.78, 5) is 19.5. The van der Waals surface area contributed by atoms with E-state index in [9.17, 15) is 9.18 Å². The number of carbonyl (C=O) groups is 1. The van der Waals surface area contributed by atoms with Crippen LogP contribution in [0.15, 0.2) is 41.8 Å². The number of likely N-dealkylation sites (N-methyl/N-ethyl adjacent to an activating group) is 1. The SMILES string of the molecule is Cc1sc(NC(=O)c2cccs2)c([C@@H](c2ccc(F)cc2)N2CCN(C)CC2)c1C. The summed E-state index contributed by atoms with van der Waals surface area (Å²) >= 11 is 3.06. The first-order chi connectivity index (χ1) is 14.4. The van der Waals surface area contributed by atoms with Crippen LogP contribution >= 0.6 is 22.7 Å². The summed E-state index contributed by atoms with van der Waals surface area (Å²) in [5.41, 5.74) is 3.36. The van der Waals surface area contributed by atoms with Crippen molar-refractivity contribution in [1.82, 2.24) is 9.80 Å². The lowest BCUT2D eigenvalue weighted by Crippen LogP contribution is -2.46. The summed E-state index contributed by atoms with van der Waals surface area (Å²) in [7, 11) is 2.14. The molecular weight excluding hydrogens is 417 g/mol. The molecule has 0 aliphatic carbocycles. The maximum absolute atomic E-state index is 13.7. The van der Waals surface area contributed by atoms with Gasteiger partial charge in [0.2, 0.25) is 0 Å². The van der Waals surface area contributed by atoms with Gasteiger partial charge in [-0.1, -0.05) is 18.2 Å². The Morgan fingerprint density at radius 1 is 1.10 bits per heavy atom. The van der Waals surface area contributed by atoms with Crippen molar-refractivity contribution >= 4 is 33.6 Å². The second-order valence-corrected chi connectivity index (χ2v) is 9.92. The zero-order valence-corrected chi connectivity index (χ0v) is 19.1. The van der Waals surface area contributed by atoms with Gasteiger partial charge >= 0.3 is 0 Å². The molecule has 2 aromatic heterocycles. The molecule has 4 rings (SSSR count). The molecule has 1 aliphatic rings. The van der Waals surface area contributed by atoms with Crippen molar-refractivity contribution in [3.05, 3.63) is 74.0 Å². The molecule has 1 N–H and O–H groups in total. The number of carbonyl (C=O) groups excluding carboxylic acids is 1. The van der Waals surface area contributed by atoms with Gasteiger partial charge in [-0.25, -0.2) is 4.39 Å². The van der Waals surface area contributed by atoms with Gasteiger partial charge in [0.15, 0.2) is 0 Å². The monoisotopic (exact) mass is 443 g/mol. The Bertz CT molecular complexity index is 1010. The van der Waals surface area contributed by atoms with E-state index in [1.807, 2.05) is 29.6 Å². The fourth-order valence-corrected chi connectivity index (χ4v) is 5.63. The van der Waals surface area contributed by atoms with Crippen molar-refractivity contribution < 1.29 is 9.18 Å². The number of anilines is 1. The third-order valence-corrected chi connectivity index (χ3v) is 7.77. The molecule has 158 valence electrons. The van der Waals surface area contributed by atoms with Crippen LogP contribution in [0.25, 0.3) is 0 Å². The van der Waals surface area contributed by atoms with Gasteiger partial charge in [0.05, 0.1) is 10.9 Å². The quantitative estimate of drug-likeness (QED) is 0.592. The number of halogens is 1. The van der Waals surface area contributed by atoms with Crippen LogP contribution in [0.3, 0.4) is 0 Å². The minimum absolute atomic E-state index is 0.0251. The number of benzene rings is 1. The highest BCUT2D eigenvalue weighted by Crippen LogP contribution is 2.42. The summed E-state index contributed by atoms with van der Waals surface area (Å²) < 4.78 is 13.7. The number of rotatable bonds is 5. The zero-order valence-electron chi connectivity index (χ0n) is 17.4. The first-order valence-electron chi connectivity index (χ1n) is 10.1. The number of thiophene rings is 2. The van der Waals surface area contributed by atoms with Gasteiger partial charge in [0, 0.05) is 36.6 Å². The van der Waals surface area contributed by atoms with E-state index < -0.39 is 0 Å². The summed E-state index contributed by atoms with van der Waals surface area (Å²) in [5.74, 6) is -0.316. The smallest absolute Gasteiger partial charge is 0.266 e. The second-order valence-electron chi connectivity index (χ2n) is 7.75. The number of aryl methyl sites for hydroxylation is 1. The molecule has 0 radical (unpaired) electrons. The fourth-order valence-electron chi connectivity index (χ4n) is 3.92. The van der Waals surface area contributed by atoms with Gasteiger partial charge in [0.1, 0.15) is 10.8 Å². The summed E-state index contributed by atoms with van der Waals surface area (Å²) in [6.45, 7) is 8.02. The van der Waals surface area contributed by atoms with Gasteiger partial charge in [-0.3, -0.25) is 9.69 Å². The Morgan fingerprint density at radius 3 is 2.43 bits per heavy atom. The maximum Gasteiger partial charge on any atom is 0.266 e. The third-order valence-electron chi connectivity index (χ3n) is 5.77. The average molecular weight is 444 g/mol. The Labute approximate surface area is 185 Å². The van der Waals surface area contributed by atoms with E-state index in [2.05, 4.69) is 36.0 Å². The highest BCUT2D eigenvalue weighted by molar-refractivity contribution is 7.17. The second kappa shape index (κ2) is 8.98. The molecule has 3 aromatic rings. The van der Waals surface area contributed by atoms with E-state index in [4.69, 9.17) is 0 Å². The van der Waals surface area contributed by atoms with Crippen molar-refractivity contribution in [3.8, 4) is 0 Å². The van der Waals surface area contributed by atoms with E-state index in [1.54, 1.807) is 11.3 Å². The van der Waals surface area contributed by atoms with Crippen molar-refractivity contribution in [3.63, 3.8) is 0 Å². The van der Waals surface area contributed by atoms with Gasteiger partial charge < -0.3 is 10.2 Å². The maximum atomic E-state index is 13.7. The number of nitrogens with one attached hydrogen (secondary N) is 1. The van der Waals surface area contributed by atoms with Crippen molar-refractivity contribution in [2.45, 2.75) is 19.9 Å². The Morgan fingerprint density at radius 2 is 1.80 bits per heavy atom. The lowest BCUT2D eigenvalue weighted by molar-refractivity contribution is 0.103. The predicted octanol–water partition coefficient (Wildman–Crippen LogP) is 5.15. The highest BCUT2D eigenvalue weighted by Gasteiger charge is 2.31. The number of amides is 1. The normalized spacial score (nSPS) is 16.5. The molecule has 1 aromatic carbocycles. The minimum Gasteiger partial charge on any atom is -0.313 e. The van der Waals surface area contributed by atoms with Crippen LogP contribution in [-0.2, 0) is 0 Å². The van der Waals surface area contributed by atoms with E-state index in [1.165, 1.54) is 33.9 Å². The molecule has 1 atom stereocenters. The number of hydrogen-bond acceptors (Lipinski definition) is 5. The summed E-state index contributed by atoms with van der Waals surface area (Å²) in [6.07, 6.45) is 0. The molecule has 30 heavy (non-hydrogen) atoms. The van der Waals surface area contributed by atoms with E-state index in [0.29, 0.717) is 4.88 Å². The molecule has 1 fully saturated rings. The van der Waals surface area contributed by atoms with Gasteiger partial charge in [-0.15, -0.1) is 22.7 Å². The van der Waals surface area contributed by atoms with Crippen molar-refractivity contribution in [1.29, 1.82) is 0 Å². The van der Waals surface area contributed by atoms with E-state index in [-0.39, 0.29) is 17.8 Å². The molecule has 3 heterocycles. The molecule has 0 saturated carbocycles. The molecule has 4 nitrogen and oxygen atoms in total. The van der Waals surface area contributed by atoms with Crippen LogP contribution in [0.5, 0.6) is 0 Å². The van der Waals surface area contributed by atoms with Crippen molar-refractivity contribution in [2.75, 3.05) is 38.5 Å². The van der Waals surface area contributed by atoms with E-state index >= 15 is 0 Å². The molecule has 7 heteroatoms. The molecule has 1 saturated heterocycles. The average Bonchev–Trinajstić information content (AvgIpc) is 3.36. The summed E-state index contributed by atoms with van der Waals surface area (Å²) in [6, 6.07) is 10.5. The molecule has 1 amide bonds. The lowest BCUT2D eigenvalue weighted by atomic mass is 9.94. The summed E-state index contributed by atoms with van der Waals surface area (Å²) in [5, 5.41) is 5.96. The van der Waals surface area contributed by atoms with Crippen LogP contribution < -0.4 is 5.32 Å². The lowest BCUT2D eigenvalue weighted by Gasteiger charge is -2.39. The third kappa shape index (κ3) is 4.34. The van der Waals surface area contributed by atoms with Crippen LogP contribution in [-0.4, -0.2) is 48.9 Å². The van der Waals surface area contributed by atoms with Crippen LogP contribution in [0.2, 0.25) is 0 Å². The molecule has 0 bridgehead atoms. The van der Waals surface area contributed by atoms with Crippen LogP contribution in [0.4, 0.5) is 9.39 Å². The van der Waals surface area contributed by atoms with Gasteiger partial charge in [0.25, 0.3) is 5.91 Å². The molecule has 0 spiro atoms. The van der Waals surface area contributed by atoms with E-state index in [0.717, 1.165) is 42.3 Å². The van der Waals surface area contributed by atoms with Gasteiger partial charge in [-0.05, 0) is 55.6 Å². The van der Waals surface area contributed by atoms with Crippen molar-refractivity contribution in [2.24, 2.45) is 0 Å². The zero-order chi connectivity index (χ0) is 21.3. The Kier molecular flexibility index (Phi) is 6.34. The number of hydrogen-bond donors (Lipinski definition) is 1. The molecular formula is C23H26FN3OS2. The highest BCUT2D eigenvalue weighted by atomic mass is 32.1. The Hall–Kier alpha value is -2.06. The molecule has 0 unspecified atom stereocenters. The predicted molar refractivity (Wildman–Crippen MR) is 123 cm³/mol. The molecule has 1 aliphatic heterocycles. The minimum atomic E-state index is -0.236. The van der Waals surface area contributed by atoms with Gasteiger partial charge in [-0.2, -0.15) is 0 Å². The first-order valence-corrected chi connectivity index (χ1v) is 11.8. The van der Waals surface area contributed by atoms with Crippen LogP contribution in [0, 0.1) is 19.7 Å². The number of piperazine rings is 1. The number of nitrogens with zero attached hydrogens (tertiary/aromatic N) is 2. The topological polar surface area (TPSA) is 35.6 Å². The Balaban J connectivity index is 1.76. The standard InChI is InChI=1S/C23H26FN3OS2/c1-15-16(2)30-23(25-22(28)19-5-4-14-29-19)20(15)21(17-6-8-18(24)9-7-17)27-12-10-26(3)11-13-27/h4-9,14,21H,10-13H2,1-3H3,(H,25,28)/t21-/m1/s1.